The molecular formula is C13H19N3O. The van der Waals surface area contributed by atoms with Crippen molar-refractivity contribution in [3.63, 3.8) is 0 Å². The highest BCUT2D eigenvalue weighted by Crippen LogP contribution is 2.30. The number of hydrogen-bond donors (Lipinski definition) is 2. The van der Waals surface area contributed by atoms with Gasteiger partial charge in [0.05, 0.1) is 5.56 Å². The zero-order valence-corrected chi connectivity index (χ0v) is 10.4. The van der Waals surface area contributed by atoms with Gasteiger partial charge in [-0.15, -0.1) is 0 Å². The lowest BCUT2D eigenvalue weighted by molar-refractivity contribution is 0.0828. The molecule has 4 heteroatoms. The van der Waals surface area contributed by atoms with Crippen LogP contribution in [0.3, 0.4) is 0 Å². The Balaban J connectivity index is 2.19. The van der Waals surface area contributed by atoms with Gasteiger partial charge in [-0.1, -0.05) is 0 Å². The van der Waals surface area contributed by atoms with E-state index in [0.717, 1.165) is 18.2 Å². The van der Waals surface area contributed by atoms with E-state index in [1.54, 1.807) is 31.1 Å². The molecule has 0 aromatic heterocycles. The smallest absolute Gasteiger partial charge is 0.255 e. The van der Waals surface area contributed by atoms with E-state index in [0.29, 0.717) is 11.3 Å². The average Bonchev–Trinajstić information content (AvgIpc) is 3.09. The third-order valence-corrected chi connectivity index (χ3v) is 2.96. The number of rotatable bonds is 4. The molecule has 1 aliphatic carbocycles. The Morgan fingerprint density at radius 2 is 2.18 bits per heavy atom. The molecule has 0 spiro atoms. The first-order valence-electron chi connectivity index (χ1n) is 5.93. The maximum absolute atomic E-state index is 12.0. The van der Waals surface area contributed by atoms with E-state index < -0.39 is 0 Å². The first kappa shape index (κ1) is 11.8. The van der Waals surface area contributed by atoms with Gasteiger partial charge in [-0.2, -0.15) is 0 Å². The van der Waals surface area contributed by atoms with E-state index in [1.165, 1.54) is 12.8 Å². The Kier molecular flexibility index (Phi) is 3.22. The summed E-state index contributed by atoms with van der Waals surface area (Å²) in [7, 11) is 3.51. The fourth-order valence-electron chi connectivity index (χ4n) is 1.71. The minimum atomic E-state index is 0.00305. The third kappa shape index (κ3) is 2.90. The fourth-order valence-corrected chi connectivity index (χ4v) is 1.71. The van der Waals surface area contributed by atoms with Crippen molar-refractivity contribution in [1.29, 1.82) is 0 Å². The topological polar surface area (TPSA) is 58.4 Å². The summed E-state index contributed by atoms with van der Waals surface area (Å²) in [5.41, 5.74) is 7.97. The lowest BCUT2D eigenvalue weighted by Gasteiger charge is -2.15. The van der Waals surface area contributed by atoms with Crippen LogP contribution in [-0.4, -0.2) is 31.4 Å². The predicted molar refractivity (Wildman–Crippen MR) is 70.1 cm³/mol. The normalized spacial score (nSPS) is 14.5. The SMILES string of the molecule is CN(C)C(=O)c1ccc(N)cc1NCC1CC1. The molecule has 0 radical (unpaired) electrons. The molecule has 0 unspecified atom stereocenters. The molecule has 3 N–H and O–H groups in total. The van der Waals surface area contributed by atoms with Crippen molar-refractivity contribution in [2.45, 2.75) is 12.8 Å². The molecule has 0 aliphatic heterocycles. The number of nitrogens with zero attached hydrogens (tertiary/aromatic N) is 1. The van der Waals surface area contributed by atoms with Crippen LogP contribution >= 0.6 is 0 Å². The summed E-state index contributed by atoms with van der Waals surface area (Å²) in [5.74, 6) is 0.766. The summed E-state index contributed by atoms with van der Waals surface area (Å²) in [5, 5.41) is 3.32. The molecule has 0 heterocycles. The Labute approximate surface area is 102 Å². The van der Waals surface area contributed by atoms with Crippen LogP contribution < -0.4 is 11.1 Å². The van der Waals surface area contributed by atoms with Crippen LogP contribution in [0.2, 0.25) is 0 Å². The molecule has 0 bridgehead atoms. The van der Waals surface area contributed by atoms with Gasteiger partial charge in [-0.05, 0) is 37.0 Å². The summed E-state index contributed by atoms with van der Waals surface area (Å²) in [6, 6.07) is 5.38. The number of benzene rings is 1. The van der Waals surface area contributed by atoms with E-state index in [-0.39, 0.29) is 5.91 Å². The average molecular weight is 233 g/mol. The largest absolute Gasteiger partial charge is 0.399 e. The zero-order chi connectivity index (χ0) is 12.4. The van der Waals surface area contributed by atoms with Crippen molar-refractivity contribution in [2.75, 3.05) is 31.7 Å². The van der Waals surface area contributed by atoms with Crippen LogP contribution in [0.15, 0.2) is 18.2 Å². The summed E-state index contributed by atoms with van der Waals surface area (Å²) in [6.45, 7) is 0.928. The second kappa shape index (κ2) is 4.65. The molecule has 0 saturated heterocycles. The second-order valence-electron chi connectivity index (χ2n) is 4.83. The van der Waals surface area contributed by atoms with Crippen LogP contribution in [0.4, 0.5) is 11.4 Å². The minimum absolute atomic E-state index is 0.00305. The van der Waals surface area contributed by atoms with Crippen molar-refractivity contribution < 1.29 is 4.79 Å². The lowest BCUT2D eigenvalue weighted by Crippen LogP contribution is -2.23. The standard InChI is InChI=1S/C13H19N3O/c1-16(2)13(17)11-6-5-10(14)7-12(11)15-8-9-3-4-9/h5-7,9,15H,3-4,8,14H2,1-2H3. The summed E-state index contributed by atoms with van der Waals surface area (Å²) in [4.78, 5) is 13.6. The van der Waals surface area contributed by atoms with Gasteiger partial charge >= 0.3 is 0 Å². The van der Waals surface area contributed by atoms with Gasteiger partial charge in [0.2, 0.25) is 0 Å². The van der Waals surface area contributed by atoms with E-state index in [4.69, 9.17) is 5.73 Å². The molecule has 1 aromatic carbocycles. The van der Waals surface area contributed by atoms with Crippen molar-refractivity contribution in [1.82, 2.24) is 4.90 Å². The van der Waals surface area contributed by atoms with Gasteiger partial charge < -0.3 is 16.0 Å². The monoisotopic (exact) mass is 233 g/mol. The van der Waals surface area contributed by atoms with Crippen LogP contribution in [-0.2, 0) is 0 Å². The number of anilines is 2. The number of carbonyl (C=O) groups is 1. The van der Waals surface area contributed by atoms with Gasteiger partial charge in [0, 0.05) is 32.0 Å². The number of amides is 1. The van der Waals surface area contributed by atoms with E-state index >= 15 is 0 Å². The molecule has 1 aliphatic rings. The molecular weight excluding hydrogens is 214 g/mol. The summed E-state index contributed by atoms with van der Waals surface area (Å²) >= 11 is 0. The van der Waals surface area contributed by atoms with Crippen molar-refractivity contribution in [2.24, 2.45) is 5.92 Å². The highest BCUT2D eigenvalue weighted by Gasteiger charge is 2.22. The van der Waals surface area contributed by atoms with Gasteiger partial charge in [-0.3, -0.25) is 4.79 Å². The molecule has 1 saturated carbocycles. The highest BCUT2D eigenvalue weighted by atomic mass is 16.2. The lowest BCUT2D eigenvalue weighted by atomic mass is 10.1. The van der Waals surface area contributed by atoms with E-state index in [1.807, 2.05) is 6.07 Å². The number of nitrogens with two attached hydrogens (primary N) is 1. The molecule has 1 aromatic rings. The first-order valence-corrected chi connectivity index (χ1v) is 5.93. The van der Waals surface area contributed by atoms with Crippen LogP contribution in [0.1, 0.15) is 23.2 Å². The molecule has 92 valence electrons. The highest BCUT2D eigenvalue weighted by molar-refractivity contribution is 6.00. The minimum Gasteiger partial charge on any atom is -0.399 e. The Bertz CT molecular complexity index is 425. The Morgan fingerprint density at radius 1 is 1.47 bits per heavy atom. The number of nitrogen functional groups attached to an aromatic ring is 1. The number of carbonyl (C=O) groups excluding carboxylic acids is 1. The van der Waals surface area contributed by atoms with E-state index in [2.05, 4.69) is 5.32 Å². The quantitative estimate of drug-likeness (QED) is 0.779. The van der Waals surface area contributed by atoms with Gasteiger partial charge in [0.25, 0.3) is 5.91 Å². The van der Waals surface area contributed by atoms with Crippen molar-refractivity contribution in [3.8, 4) is 0 Å². The molecule has 17 heavy (non-hydrogen) atoms. The van der Waals surface area contributed by atoms with Crippen LogP contribution in [0.5, 0.6) is 0 Å². The van der Waals surface area contributed by atoms with E-state index in [9.17, 15) is 4.79 Å². The molecule has 4 nitrogen and oxygen atoms in total. The van der Waals surface area contributed by atoms with Gasteiger partial charge in [-0.25, -0.2) is 0 Å². The third-order valence-electron chi connectivity index (χ3n) is 2.96. The first-order chi connectivity index (χ1) is 8.08. The molecule has 1 amide bonds. The summed E-state index contributed by atoms with van der Waals surface area (Å²) < 4.78 is 0. The molecule has 0 atom stereocenters. The predicted octanol–water partition coefficient (Wildman–Crippen LogP) is 1.79. The maximum Gasteiger partial charge on any atom is 0.255 e. The number of nitrogens with one attached hydrogen (secondary N) is 1. The van der Waals surface area contributed by atoms with Crippen LogP contribution in [0.25, 0.3) is 0 Å². The Morgan fingerprint density at radius 3 is 2.76 bits per heavy atom. The molecule has 1 fully saturated rings. The van der Waals surface area contributed by atoms with Crippen molar-refractivity contribution in [3.05, 3.63) is 23.8 Å². The molecule has 2 rings (SSSR count). The fraction of sp³-hybridized carbons (Fsp3) is 0.462. The Hall–Kier alpha value is -1.71. The van der Waals surface area contributed by atoms with Gasteiger partial charge in [0.1, 0.15) is 0 Å². The maximum atomic E-state index is 12.0. The summed E-state index contributed by atoms with van der Waals surface area (Å²) in [6.07, 6.45) is 2.57. The van der Waals surface area contributed by atoms with Crippen molar-refractivity contribution >= 4 is 17.3 Å². The second-order valence-corrected chi connectivity index (χ2v) is 4.83. The number of hydrogen-bond acceptors (Lipinski definition) is 3. The zero-order valence-electron chi connectivity index (χ0n) is 10.4. The van der Waals surface area contributed by atoms with Crippen LogP contribution in [0, 0.1) is 5.92 Å². The van der Waals surface area contributed by atoms with Gasteiger partial charge in [0.15, 0.2) is 0 Å².